The molecule has 1 aliphatic rings. The fourth-order valence-electron chi connectivity index (χ4n) is 2.58. The van der Waals surface area contributed by atoms with Crippen molar-refractivity contribution in [2.75, 3.05) is 26.2 Å². The van der Waals surface area contributed by atoms with Crippen molar-refractivity contribution in [3.63, 3.8) is 0 Å². The third-order valence-corrected chi connectivity index (χ3v) is 3.63. The number of rotatable bonds is 6. The number of aromatic nitrogens is 2. The van der Waals surface area contributed by atoms with Crippen molar-refractivity contribution in [3.05, 3.63) is 11.7 Å². The van der Waals surface area contributed by atoms with E-state index in [1.165, 1.54) is 12.8 Å². The molecule has 0 spiro atoms. The van der Waals surface area contributed by atoms with Crippen molar-refractivity contribution in [1.82, 2.24) is 20.4 Å². The quantitative estimate of drug-likeness (QED) is 0.853. The van der Waals surface area contributed by atoms with Crippen molar-refractivity contribution in [1.29, 1.82) is 0 Å². The summed E-state index contributed by atoms with van der Waals surface area (Å²) in [6, 6.07) is 0. The van der Waals surface area contributed by atoms with Gasteiger partial charge < -0.3 is 9.84 Å². The van der Waals surface area contributed by atoms with Gasteiger partial charge in [-0.05, 0) is 38.4 Å². The van der Waals surface area contributed by atoms with Crippen molar-refractivity contribution < 1.29 is 4.52 Å². The molecule has 1 unspecified atom stereocenters. The number of likely N-dealkylation sites (tertiary alicyclic amines) is 1. The summed E-state index contributed by atoms with van der Waals surface area (Å²) < 4.78 is 5.26. The Kier molecular flexibility index (Phi) is 5.34. The van der Waals surface area contributed by atoms with Crippen molar-refractivity contribution in [2.24, 2.45) is 5.92 Å². The monoisotopic (exact) mass is 266 g/mol. The Labute approximate surface area is 115 Å². The predicted octanol–water partition coefficient (Wildman–Crippen LogP) is 2.01. The maximum atomic E-state index is 5.26. The molecule has 5 nitrogen and oxygen atoms in total. The molecule has 1 aromatic rings. The Balaban J connectivity index is 1.84. The first-order chi connectivity index (χ1) is 9.19. The van der Waals surface area contributed by atoms with Crippen LogP contribution in [0.2, 0.25) is 0 Å². The fourth-order valence-corrected chi connectivity index (χ4v) is 2.58. The molecular formula is C14H26N4O. The predicted molar refractivity (Wildman–Crippen MR) is 74.9 cm³/mol. The van der Waals surface area contributed by atoms with Crippen molar-refractivity contribution >= 4 is 0 Å². The van der Waals surface area contributed by atoms with Gasteiger partial charge in [0.1, 0.15) is 0 Å². The van der Waals surface area contributed by atoms with Gasteiger partial charge in [0.05, 0.1) is 6.54 Å². The molecule has 1 saturated heterocycles. The second-order valence-corrected chi connectivity index (χ2v) is 5.75. The van der Waals surface area contributed by atoms with E-state index < -0.39 is 0 Å². The number of hydrogen-bond acceptors (Lipinski definition) is 5. The molecule has 2 rings (SSSR count). The minimum absolute atomic E-state index is 0.309. The molecule has 0 aliphatic carbocycles. The Morgan fingerprint density at radius 2 is 2.32 bits per heavy atom. The lowest BCUT2D eigenvalue weighted by molar-refractivity contribution is 0.161. The maximum Gasteiger partial charge on any atom is 0.229 e. The van der Waals surface area contributed by atoms with Crippen LogP contribution in [0, 0.1) is 5.92 Å². The van der Waals surface area contributed by atoms with Gasteiger partial charge in [-0.25, -0.2) is 0 Å². The highest BCUT2D eigenvalue weighted by molar-refractivity contribution is 4.91. The second kappa shape index (κ2) is 7.01. The Morgan fingerprint density at radius 1 is 1.47 bits per heavy atom. The van der Waals surface area contributed by atoms with Crippen LogP contribution in [0.25, 0.3) is 0 Å². The van der Waals surface area contributed by atoms with Gasteiger partial charge >= 0.3 is 0 Å². The summed E-state index contributed by atoms with van der Waals surface area (Å²) in [5.74, 6) is 2.64. The molecule has 2 heterocycles. The molecular weight excluding hydrogens is 240 g/mol. The van der Waals surface area contributed by atoms with E-state index in [2.05, 4.69) is 41.1 Å². The molecule has 0 radical (unpaired) electrons. The normalized spacial score (nSPS) is 21.2. The summed E-state index contributed by atoms with van der Waals surface area (Å²) in [7, 11) is 0. The van der Waals surface area contributed by atoms with E-state index in [1.807, 2.05) is 0 Å². The number of nitrogens with zero attached hydrogens (tertiary/aromatic N) is 3. The summed E-state index contributed by atoms with van der Waals surface area (Å²) in [6.45, 7) is 11.6. The van der Waals surface area contributed by atoms with Crippen LogP contribution < -0.4 is 5.32 Å². The van der Waals surface area contributed by atoms with Crippen LogP contribution in [0.5, 0.6) is 0 Å². The van der Waals surface area contributed by atoms with Crippen LogP contribution >= 0.6 is 0 Å². The topological polar surface area (TPSA) is 54.2 Å². The Hall–Kier alpha value is -0.940. The highest BCUT2D eigenvalue weighted by Crippen LogP contribution is 2.18. The number of hydrogen-bond donors (Lipinski definition) is 1. The number of piperidine rings is 1. The van der Waals surface area contributed by atoms with Crippen LogP contribution in [-0.2, 0) is 6.54 Å². The average molecular weight is 266 g/mol. The van der Waals surface area contributed by atoms with Gasteiger partial charge in [0.25, 0.3) is 0 Å². The molecule has 0 bridgehead atoms. The minimum Gasteiger partial charge on any atom is -0.339 e. The van der Waals surface area contributed by atoms with Crippen LogP contribution in [0.3, 0.4) is 0 Å². The molecule has 0 saturated carbocycles. The standard InChI is InChI=1S/C14H26N4O/c1-4-15-8-12-6-5-7-18(9-12)10-13-16-14(11(2)3)19-17-13/h11-12,15H,4-10H2,1-3H3. The first kappa shape index (κ1) is 14.5. The van der Waals surface area contributed by atoms with Crippen LogP contribution in [0.15, 0.2) is 4.52 Å². The Morgan fingerprint density at radius 3 is 3.00 bits per heavy atom. The van der Waals surface area contributed by atoms with Gasteiger partial charge in [0.15, 0.2) is 5.82 Å². The lowest BCUT2D eigenvalue weighted by atomic mass is 9.98. The first-order valence-electron chi connectivity index (χ1n) is 7.44. The first-order valence-corrected chi connectivity index (χ1v) is 7.44. The lowest BCUT2D eigenvalue weighted by Crippen LogP contribution is -2.39. The van der Waals surface area contributed by atoms with E-state index in [9.17, 15) is 0 Å². The summed E-state index contributed by atoms with van der Waals surface area (Å²) in [5.41, 5.74) is 0. The van der Waals surface area contributed by atoms with Crippen molar-refractivity contribution in [3.8, 4) is 0 Å². The summed E-state index contributed by atoms with van der Waals surface area (Å²) in [6.07, 6.45) is 2.60. The highest BCUT2D eigenvalue weighted by Gasteiger charge is 2.21. The SMILES string of the molecule is CCNCC1CCCN(Cc2noc(C(C)C)n2)C1. The zero-order valence-electron chi connectivity index (χ0n) is 12.4. The molecule has 19 heavy (non-hydrogen) atoms. The van der Waals surface area contributed by atoms with Crippen LogP contribution in [-0.4, -0.2) is 41.2 Å². The van der Waals surface area contributed by atoms with E-state index in [0.717, 1.165) is 50.4 Å². The molecule has 1 N–H and O–H groups in total. The smallest absolute Gasteiger partial charge is 0.229 e. The average Bonchev–Trinajstić information content (AvgIpc) is 2.85. The summed E-state index contributed by atoms with van der Waals surface area (Å²) >= 11 is 0. The zero-order chi connectivity index (χ0) is 13.7. The minimum atomic E-state index is 0.309. The molecule has 5 heteroatoms. The maximum absolute atomic E-state index is 5.26. The summed E-state index contributed by atoms with van der Waals surface area (Å²) in [4.78, 5) is 6.90. The molecule has 0 aromatic carbocycles. The molecule has 1 aliphatic heterocycles. The van der Waals surface area contributed by atoms with Gasteiger partial charge in [0.2, 0.25) is 5.89 Å². The van der Waals surface area contributed by atoms with E-state index in [-0.39, 0.29) is 0 Å². The third-order valence-electron chi connectivity index (χ3n) is 3.63. The molecule has 0 amide bonds. The summed E-state index contributed by atoms with van der Waals surface area (Å²) in [5, 5.41) is 7.52. The van der Waals surface area contributed by atoms with Crippen LogP contribution in [0.1, 0.15) is 51.2 Å². The van der Waals surface area contributed by atoms with E-state index in [4.69, 9.17) is 4.52 Å². The van der Waals surface area contributed by atoms with Crippen molar-refractivity contribution in [2.45, 2.75) is 46.1 Å². The number of nitrogens with one attached hydrogen (secondary N) is 1. The molecule has 1 fully saturated rings. The zero-order valence-corrected chi connectivity index (χ0v) is 12.4. The van der Waals surface area contributed by atoms with E-state index in [1.54, 1.807) is 0 Å². The van der Waals surface area contributed by atoms with E-state index >= 15 is 0 Å². The molecule has 1 atom stereocenters. The Bertz CT molecular complexity index is 377. The third kappa shape index (κ3) is 4.28. The van der Waals surface area contributed by atoms with Gasteiger partial charge in [0, 0.05) is 12.5 Å². The van der Waals surface area contributed by atoms with E-state index in [0.29, 0.717) is 5.92 Å². The lowest BCUT2D eigenvalue weighted by Gasteiger charge is -2.31. The second-order valence-electron chi connectivity index (χ2n) is 5.75. The van der Waals surface area contributed by atoms with Gasteiger partial charge in [-0.15, -0.1) is 0 Å². The fraction of sp³-hybridized carbons (Fsp3) is 0.857. The van der Waals surface area contributed by atoms with Gasteiger partial charge in [-0.2, -0.15) is 4.98 Å². The largest absolute Gasteiger partial charge is 0.339 e. The van der Waals surface area contributed by atoms with Gasteiger partial charge in [-0.1, -0.05) is 25.9 Å². The molecule has 108 valence electrons. The molecule has 1 aromatic heterocycles. The van der Waals surface area contributed by atoms with Gasteiger partial charge in [-0.3, -0.25) is 4.90 Å². The highest BCUT2D eigenvalue weighted by atomic mass is 16.5. The van der Waals surface area contributed by atoms with Crippen LogP contribution in [0.4, 0.5) is 0 Å².